The molecule has 4 heterocycles. The summed E-state index contributed by atoms with van der Waals surface area (Å²) in [5.41, 5.74) is 1.72. The smallest absolute Gasteiger partial charge is 0.187 e. The van der Waals surface area contributed by atoms with Gasteiger partial charge in [0.15, 0.2) is 18.4 Å². The number of allylic oxidation sites excluding steroid dienone is 1. The fourth-order valence-electron chi connectivity index (χ4n) is 12.6. The predicted molar refractivity (Wildman–Crippen MR) is 182 cm³/mol. The van der Waals surface area contributed by atoms with Crippen molar-refractivity contribution in [3.63, 3.8) is 0 Å². The summed E-state index contributed by atoms with van der Waals surface area (Å²) in [5, 5.41) is 63.2. The first-order valence-corrected chi connectivity index (χ1v) is 19.8. The van der Waals surface area contributed by atoms with Gasteiger partial charge >= 0.3 is 0 Å². The molecule has 8 aliphatic rings. The molecule has 0 aromatic heterocycles. The minimum absolute atomic E-state index is 0.0657. The van der Waals surface area contributed by atoms with E-state index in [1.807, 2.05) is 0 Å². The van der Waals surface area contributed by atoms with Gasteiger partial charge in [-0.05, 0) is 98.7 Å². The van der Waals surface area contributed by atoms with E-state index in [1.54, 1.807) is 0 Å². The Morgan fingerprint density at radius 1 is 0.824 bits per heavy atom. The molecule has 0 aromatic rings. The molecule has 12 heteroatoms. The molecule has 12 nitrogen and oxygen atoms in total. The van der Waals surface area contributed by atoms with Gasteiger partial charge in [-0.2, -0.15) is 0 Å². The van der Waals surface area contributed by atoms with Crippen LogP contribution in [0.5, 0.6) is 0 Å². The quantitative estimate of drug-likeness (QED) is 0.229. The van der Waals surface area contributed by atoms with E-state index in [0.29, 0.717) is 41.9 Å². The van der Waals surface area contributed by atoms with Crippen molar-refractivity contribution in [3.05, 3.63) is 11.6 Å². The molecule has 0 amide bonds. The second-order valence-corrected chi connectivity index (χ2v) is 18.3. The molecule has 4 aliphatic carbocycles. The number of aliphatic hydroxyl groups excluding tert-OH is 6. The van der Waals surface area contributed by atoms with E-state index in [0.717, 1.165) is 38.7 Å². The van der Waals surface area contributed by atoms with E-state index in [4.69, 9.17) is 28.4 Å². The Bertz CT molecular complexity index is 1300. The SMILES string of the molecule is C[C@@H]1CC[C@@]2(OC1)O[C@H]1C[C@H]3[C@@H]4CC=C5C[C@@H](O[C@@H]6O[C@H](CO)[C@@H](O)[C@H](O[C@@H]7O[C@@H](C)[C@H](O)[C@@H](O)[C@H]7O)[C@H]6O)CC[C@]5(C)[C@H]4CC[C@]3(C)[C@H]1[C@@H]2C. The highest BCUT2D eigenvalue weighted by molar-refractivity contribution is 5.26. The molecule has 1 spiro atoms. The van der Waals surface area contributed by atoms with Crippen LogP contribution in [0.3, 0.4) is 0 Å². The first kappa shape index (κ1) is 37.2. The zero-order valence-electron chi connectivity index (χ0n) is 30.9. The molecule has 3 saturated carbocycles. The fourth-order valence-corrected chi connectivity index (χ4v) is 12.6. The lowest BCUT2D eigenvalue weighted by molar-refractivity contribution is -0.361. The number of fused-ring (bicyclic) bond motifs is 7. The van der Waals surface area contributed by atoms with Crippen LogP contribution in [0, 0.1) is 46.3 Å². The Balaban J connectivity index is 0.939. The summed E-state index contributed by atoms with van der Waals surface area (Å²) in [6.45, 7) is 11.5. The number of rotatable bonds is 5. The van der Waals surface area contributed by atoms with Gasteiger partial charge in [-0.25, -0.2) is 0 Å². The van der Waals surface area contributed by atoms with E-state index in [1.165, 1.54) is 31.8 Å². The highest BCUT2D eigenvalue weighted by Crippen LogP contribution is 2.70. The lowest BCUT2D eigenvalue weighted by Crippen LogP contribution is -2.64. The van der Waals surface area contributed by atoms with Crippen LogP contribution in [0.2, 0.25) is 0 Å². The van der Waals surface area contributed by atoms with Gasteiger partial charge < -0.3 is 59.1 Å². The molecule has 21 atom stereocenters. The molecule has 0 unspecified atom stereocenters. The third-order valence-electron chi connectivity index (χ3n) is 15.6. The maximum absolute atomic E-state index is 11.4. The van der Waals surface area contributed by atoms with Crippen LogP contribution in [0.1, 0.15) is 92.4 Å². The fraction of sp³-hybridized carbons (Fsp3) is 0.949. The number of aliphatic hydroxyl groups is 6. The van der Waals surface area contributed by atoms with E-state index in [-0.39, 0.29) is 23.0 Å². The second kappa shape index (κ2) is 13.5. The molecular formula is C39H62O12. The first-order chi connectivity index (χ1) is 24.2. The molecule has 4 aliphatic heterocycles. The van der Waals surface area contributed by atoms with Crippen LogP contribution in [-0.4, -0.2) is 123 Å². The lowest BCUT2D eigenvalue weighted by Gasteiger charge is -2.58. The monoisotopic (exact) mass is 722 g/mol. The Hall–Kier alpha value is -0.740. The van der Waals surface area contributed by atoms with Crippen molar-refractivity contribution in [2.24, 2.45) is 46.3 Å². The van der Waals surface area contributed by atoms with Crippen LogP contribution in [0.4, 0.5) is 0 Å². The van der Waals surface area contributed by atoms with Crippen molar-refractivity contribution in [2.45, 2.75) is 172 Å². The first-order valence-electron chi connectivity index (χ1n) is 19.8. The van der Waals surface area contributed by atoms with Crippen molar-refractivity contribution < 1.29 is 59.1 Å². The average molecular weight is 723 g/mol. The summed E-state index contributed by atoms with van der Waals surface area (Å²) < 4.78 is 37.2. The van der Waals surface area contributed by atoms with Gasteiger partial charge in [0.25, 0.3) is 0 Å². The molecule has 0 aromatic carbocycles. The van der Waals surface area contributed by atoms with Crippen LogP contribution in [-0.2, 0) is 28.4 Å². The largest absolute Gasteiger partial charge is 0.394 e. The minimum atomic E-state index is -1.62. The molecular weight excluding hydrogens is 660 g/mol. The van der Waals surface area contributed by atoms with Gasteiger partial charge in [-0.15, -0.1) is 0 Å². The van der Waals surface area contributed by atoms with Crippen molar-refractivity contribution >= 4 is 0 Å². The minimum Gasteiger partial charge on any atom is -0.394 e. The van der Waals surface area contributed by atoms with E-state index >= 15 is 0 Å². The molecule has 0 bridgehead atoms. The molecule has 4 saturated heterocycles. The van der Waals surface area contributed by atoms with E-state index in [9.17, 15) is 30.6 Å². The summed E-state index contributed by atoms with van der Waals surface area (Å²) in [6, 6.07) is 0. The van der Waals surface area contributed by atoms with Crippen molar-refractivity contribution in [2.75, 3.05) is 13.2 Å². The molecule has 0 radical (unpaired) electrons. The van der Waals surface area contributed by atoms with E-state index < -0.39 is 73.8 Å². The Kier molecular flexibility index (Phi) is 9.83. The summed E-state index contributed by atoms with van der Waals surface area (Å²) in [4.78, 5) is 0. The average Bonchev–Trinajstić information content (AvgIpc) is 3.56. The third-order valence-corrected chi connectivity index (χ3v) is 15.6. The predicted octanol–water partition coefficient (Wildman–Crippen LogP) is 2.39. The van der Waals surface area contributed by atoms with Crippen LogP contribution in [0.25, 0.3) is 0 Å². The topological polar surface area (TPSA) is 177 Å². The van der Waals surface area contributed by atoms with Crippen molar-refractivity contribution in [1.82, 2.24) is 0 Å². The molecule has 51 heavy (non-hydrogen) atoms. The molecule has 8 rings (SSSR count). The van der Waals surface area contributed by atoms with Gasteiger partial charge in [0.2, 0.25) is 0 Å². The molecule has 7 fully saturated rings. The third kappa shape index (κ3) is 5.84. The summed E-state index contributed by atoms with van der Waals surface area (Å²) in [5.74, 6) is 2.96. The van der Waals surface area contributed by atoms with Crippen LogP contribution in [0.15, 0.2) is 11.6 Å². The number of hydrogen-bond donors (Lipinski definition) is 6. The van der Waals surface area contributed by atoms with Crippen LogP contribution >= 0.6 is 0 Å². The van der Waals surface area contributed by atoms with Gasteiger partial charge in [-0.3, -0.25) is 0 Å². The second-order valence-electron chi connectivity index (χ2n) is 18.3. The normalized spacial score (nSPS) is 58.4. The van der Waals surface area contributed by atoms with Gasteiger partial charge in [0.05, 0.1) is 31.5 Å². The maximum Gasteiger partial charge on any atom is 0.187 e. The zero-order valence-corrected chi connectivity index (χ0v) is 30.9. The van der Waals surface area contributed by atoms with Crippen molar-refractivity contribution in [1.29, 1.82) is 0 Å². The van der Waals surface area contributed by atoms with Crippen molar-refractivity contribution in [3.8, 4) is 0 Å². The molecule has 6 N–H and O–H groups in total. The Morgan fingerprint density at radius 3 is 2.31 bits per heavy atom. The molecule has 290 valence electrons. The van der Waals surface area contributed by atoms with Crippen LogP contribution < -0.4 is 0 Å². The van der Waals surface area contributed by atoms with Gasteiger partial charge in [0, 0.05) is 12.3 Å². The zero-order chi connectivity index (χ0) is 36.2. The number of hydrogen-bond acceptors (Lipinski definition) is 12. The Labute approximate surface area is 301 Å². The highest BCUT2D eigenvalue weighted by atomic mass is 16.7. The van der Waals surface area contributed by atoms with E-state index in [2.05, 4.69) is 33.8 Å². The number of ether oxygens (including phenoxy) is 6. The Morgan fingerprint density at radius 2 is 1.59 bits per heavy atom. The van der Waals surface area contributed by atoms with Gasteiger partial charge in [-0.1, -0.05) is 39.3 Å². The standard InChI is InChI=1S/C39H62O12/c1-18-8-13-39(46-17-18)19(2)28-26(51-39)15-25-23-7-6-21-14-22(9-11-37(21,4)24(23)10-12-38(25,28)5)48-36-33(45)34(30(42)27(16-40)49-36)50-35-32(44)31(43)29(41)20(3)47-35/h6,18-20,22-36,40-45H,7-17H2,1-5H3/t18-,19+,20+,22+,23-,24+,25+,26+,27-,28+,29+,30-,31-,32-,33-,34+,35+,36-,37+,38+,39-/m1/s1. The highest BCUT2D eigenvalue weighted by Gasteiger charge is 2.68. The maximum atomic E-state index is 11.4. The summed E-state index contributed by atoms with van der Waals surface area (Å²) >= 11 is 0. The van der Waals surface area contributed by atoms with Gasteiger partial charge in [0.1, 0.15) is 42.7 Å². The summed E-state index contributed by atoms with van der Waals surface area (Å²) in [6.07, 6.45) is -1.66. The lowest BCUT2D eigenvalue weighted by atomic mass is 9.47. The summed E-state index contributed by atoms with van der Waals surface area (Å²) in [7, 11) is 0.